The van der Waals surface area contributed by atoms with E-state index in [9.17, 15) is 13.2 Å². The van der Waals surface area contributed by atoms with E-state index < -0.39 is 10.0 Å². The SMILES string of the molecule is CC(C)OCCCNS(=O)(=O)CCNC(=O)c1ccc2c(c1)OCO2. The molecule has 0 aromatic heterocycles. The van der Waals surface area contributed by atoms with Gasteiger partial charge in [-0.25, -0.2) is 13.1 Å². The van der Waals surface area contributed by atoms with Gasteiger partial charge in [0.25, 0.3) is 5.91 Å². The topological polar surface area (TPSA) is 103 Å². The Morgan fingerprint density at radius 1 is 1.24 bits per heavy atom. The normalized spacial score (nSPS) is 13.2. The molecule has 0 spiro atoms. The van der Waals surface area contributed by atoms with Crippen LogP contribution in [-0.4, -0.2) is 52.7 Å². The number of rotatable bonds is 10. The summed E-state index contributed by atoms with van der Waals surface area (Å²) in [6.07, 6.45) is 0.726. The maximum absolute atomic E-state index is 12.1. The summed E-state index contributed by atoms with van der Waals surface area (Å²) in [6, 6.07) is 4.82. The first-order valence-electron chi connectivity index (χ1n) is 8.14. The highest BCUT2D eigenvalue weighted by Gasteiger charge is 2.16. The third kappa shape index (κ3) is 6.52. The second-order valence-electron chi connectivity index (χ2n) is 5.81. The van der Waals surface area contributed by atoms with Crippen LogP contribution in [0.4, 0.5) is 0 Å². The molecule has 9 heteroatoms. The lowest BCUT2D eigenvalue weighted by atomic mass is 10.2. The van der Waals surface area contributed by atoms with Crippen molar-refractivity contribution in [3.63, 3.8) is 0 Å². The Kier molecular flexibility index (Phi) is 7.03. The van der Waals surface area contributed by atoms with Gasteiger partial charge in [-0.3, -0.25) is 4.79 Å². The lowest BCUT2D eigenvalue weighted by Gasteiger charge is -2.09. The van der Waals surface area contributed by atoms with E-state index in [0.717, 1.165) is 0 Å². The van der Waals surface area contributed by atoms with Gasteiger partial charge in [-0.05, 0) is 38.5 Å². The first-order chi connectivity index (χ1) is 11.9. The van der Waals surface area contributed by atoms with E-state index in [1.54, 1.807) is 18.2 Å². The van der Waals surface area contributed by atoms with E-state index >= 15 is 0 Å². The van der Waals surface area contributed by atoms with Crippen LogP contribution in [0.25, 0.3) is 0 Å². The van der Waals surface area contributed by atoms with Gasteiger partial charge in [0, 0.05) is 25.3 Å². The molecule has 0 saturated carbocycles. The Balaban J connectivity index is 1.69. The first-order valence-corrected chi connectivity index (χ1v) is 9.79. The number of fused-ring (bicyclic) bond motifs is 1. The molecule has 25 heavy (non-hydrogen) atoms. The summed E-state index contributed by atoms with van der Waals surface area (Å²) in [4.78, 5) is 12.1. The molecule has 2 rings (SSSR count). The quantitative estimate of drug-likeness (QED) is 0.591. The van der Waals surface area contributed by atoms with Crippen LogP contribution in [-0.2, 0) is 14.8 Å². The Labute approximate surface area is 147 Å². The van der Waals surface area contributed by atoms with E-state index in [2.05, 4.69) is 10.0 Å². The first kappa shape index (κ1) is 19.5. The Hall–Kier alpha value is -1.84. The lowest BCUT2D eigenvalue weighted by molar-refractivity contribution is 0.0778. The predicted molar refractivity (Wildman–Crippen MR) is 92.4 cm³/mol. The van der Waals surface area contributed by atoms with E-state index in [0.29, 0.717) is 36.6 Å². The maximum Gasteiger partial charge on any atom is 0.251 e. The highest BCUT2D eigenvalue weighted by molar-refractivity contribution is 7.89. The molecule has 1 amide bonds. The van der Waals surface area contributed by atoms with Crippen molar-refractivity contribution in [1.82, 2.24) is 10.0 Å². The molecule has 2 N–H and O–H groups in total. The van der Waals surface area contributed by atoms with Crippen molar-refractivity contribution in [3.05, 3.63) is 23.8 Å². The van der Waals surface area contributed by atoms with Crippen molar-refractivity contribution in [2.75, 3.05) is 32.2 Å². The number of carbonyl (C=O) groups excluding carboxylic acids is 1. The lowest BCUT2D eigenvalue weighted by Crippen LogP contribution is -2.35. The number of nitrogens with one attached hydrogen (secondary N) is 2. The second-order valence-corrected chi connectivity index (χ2v) is 7.74. The van der Waals surface area contributed by atoms with Crippen LogP contribution in [0.1, 0.15) is 30.6 Å². The van der Waals surface area contributed by atoms with E-state index in [1.807, 2.05) is 13.8 Å². The molecule has 8 nitrogen and oxygen atoms in total. The number of ether oxygens (including phenoxy) is 3. The largest absolute Gasteiger partial charge is 0.454 e. The second kappa shape index (κ2) is 9.02. The van der Waals surface area contributed by atoms with Crippen molar-refractivity contribution in [3.8, 4) is 11.5 Å². The molecule has 1 aromatic rings. The van der Waals surface area contributed by atoms with Gasteiger partial charge in [0.2, 0.25) is 16.8 Å². The Morgan fingerprint density at radius 2 is 2.00 bits per heavy atom. The third-order valence-corrected chi connectivity index (χ3v) is 4.77. The van der Waals surface area contributed by atoms with Crippen molar-refractivity contribution < 1.29 is 27.4 Å². The molecule has 0 fully saturated rings. The molecule has 0 saturated heterocycles. The van der Waals surface area contributed by atoms with Gasteiger partial charge in [0.05, 0.1) is 11.9 Å². The molecule has 1 heterocycles. The van der Waals surface area contributed by atoms with Gasteiger partial charge in [-0.15, -0.1) is 0 Å². The number of sulfonamides is 1. The summed E-state index contributed by atoms with van der Waals surface area (Å²) < 4.78 is 41.9. The van der Waals surface area contributed by atoms with Crippen molar-refractivity contribution in [1.29, 1.82) is 0 Å². The monoisotopic (exact) mass is 372 g/mol. The van der Waals surface area contributed by atoms with Crippen LogP contribution in [0.2, 0.25) is 0 Å². The molecule has 140 valence electrons. The highest BCUT2D eigenvalue weighted by atomic mass is 32.2. The smallest absolute Gasteiger partial charge is 0.251 e. The van der Waals surface area contributed by atoms with E-state index in [1.165, 1.54) is 0 Å². The number of benzene rings is 1. The molecule has 0 unspecified atom stereocenters. The summed E-state index contributed by atoms with van der Waals surface area (Å²) in [6.45, 7) is 4.81. The highest BCUT2D eigenvalue weighted by Crippen LogP contribution is 2.32. The minimum Gasteiger partial charge on any atom is -0.454 e. The van der Waals surface area contributed by atoms with Crippen LogP contribution in [0, 0.1) is 0 Å². The molecule has 0 aliphatic carbocycles. The van der Waals surface area contributed by atoms with Gasteiger partial charge in [0.15, 0.2) is 11.5 Å². The van der Waals surface area contributed by atoms with Crippen molar-refractivity contribution in [2.45, 2.75) is 26.4 Å². The number of hydrogen-bond donors (Lipinski definition) is 2. The van der Waals surface area contributed by atoms with Crippen LogP contribution < -0.4 is 19.5 Å². The molecular formula is C16H24N2O6S. The van der Waals surface area contributed by atoms with Crippen LogP contribution in [0.5, 0.6) is 11.5 Å². The molecule has 1 aliphatic heterocycles. The fourth-order valence-corrected chi connectivity index (χ4v) is 3.10. The minimum absolute atomic E-state index is 0.0190. The van der Waals surface area contributed by atoms with Gasteiger partial charge in [-0.1, -0.05) is 0 Å². The fourth-order valence-electron chi connectivity index (χ4n) is 2.13. The third-order valence-electron chi connectivity index (χ3n) is 3.39. The van der Waals surface area contributed by atoms with Crippen molar-refractivity contribution in [2.24, 2.45) is 0 Å². The van der Waals surface area contributed by atoms with Gasteiger partial charge >= 0.3 is 0 Å². The fraction of sp³-hybridized carbons (Fsp3) is 0.562. The molecule has 1 aliphatic rings. The zero-order chi connectivity index (χ0) is 18.3. The van der Waals surface area contributed by atoms with Crippen LogP contribution in [0.15, 0.2) is 18.2 Å². The summed E-state index contributed by atoms with van der Waals surface area (Å²) in [5.74, 6) is 0.545. The zero-order valence-corrected chi connectivity index (χ0v) is 15.2. The minimum atomic E-state index is -3.43. The molecule has 1 aromatic carbocycles. The molecule has 0 atom stereocenters. The Bertz CT molecular complexity index is 690. The number of carbonyl (C=O) groups is 1. The van der Waals surface area contributed by atoms with Gasteiger partial charge in [-0.2, -0.15) is 0 Å². The number of amides is 1. The summed E-state index contributed by atoms with van der Waals surface area (Å²) >= 11 is 0. The summed E-state index contributed by atoms with van der Waals surface area (Å²) in [5, 5.41) is 2.58. The maximum atomic E-state index is 12.1. The summed E-state index contributed by atoms with van der Waals surface area (Å²) in [7, 11) is -3.43. The standard InChI is InChI=1S/C16H24N2O6S/c1-12(2)22-8-3-6-18-25(20,21)9-7-17-16(19)13-4-5-14-15(10-13)24-11-23-14/h4-5,10,12,18H,3,6-9,11H2,1-2H3,(H,17,19). The van der Waals surface area contributed by atoms with E-state index in [4.69, 9.17) is 14.2 Å². The number of hydrogen-bond acceptors (Lipinski definition) is 6. The van der Waals surface area contributed by atoms with E-state index in [-0.39, 0.29) is 31.1 Å². The summed E-state index contributed by atoms with van der Waals surface area (Å²) in [5.41, 5.74) is 0.389. The molecule has 0 radical (unpaired) electrons. The predicted octanol–water partition coefficient (Wildman–Crippen LogP) is 0.880. The Morgan fingerprint density at radius 3 is 2.76 bits per heavy atom. The van der Waals surface area contributed by atoms with Gasteiger partial charge in [0.1, 0.15) is 0 Å². The van der Waals surface area contributed by atoms with Crippen LogP contribution >= 0.6 is 0 Å². The average Bonchev–Trinajstić information content (AvgIpc) is 3.01. The van der Waals surface area contributed by atoms with Gasteiger partial charge < -0.3 is 19.5 Å². The van der Waals surface area contributed by atoms with Crippen LogP contribution in [0.3, 0.4) is 0 Å². The van der Waals surface area contributed by atoms with Crippen molar-refractivity contribution >= 4 is 15.9 Å². The molecule has 0 bridgehead atoms. The molecular weight excluding hydrogens is 348 g/mol. The zero-order valence-electron chi connectivity index (χ0n) is 14.4. The average molecular weight is 372 g/mol.